The van der Waals surface area contributed by atoms with E-state index in [0.29, 0.717) is 0 Å². The highest BCUT2D eigenvalue weighted by molar-refractivity contribution is 7.91. The van der Waals surface area contributed by atoms with Crippen LogP contribution in [0.15, 0.2) is 35.2 Å². The number of benzene rings is 1. The first-order chi connectivity index (χ1) is 10.2. The van der Waals surface area contributed by atoms with Gasteiger partial charge in [0.25, 0.3) is 5.91 Å². The van der Waals surface area contributed by atoms with E-state index in [1.54, 1.807) is 25.1 Å². The van der Waals surface area contributed by atoms with E-state index in [9.17, 15) is 18.0 Å². The number of imide groups is 1. The van der Waals surface area contributed by atoms with Gasteiger partial charge in [0, 0.05) is 6.54 Å². The van der Waals surface area contributed by atoms with Crippen LogP contribution in [-0.4, -0.2) is 43.1 Å². The van der Waals surface area contributed by atoms with Crippen molar-refractivity contribution in [3.8, 4) is 0 Å². The summed E-state index contributed by atoms with van der Waals surface area (Å²) in [6.07, 6.45) is 0. The van der Waals surface area contributed by atoms with Crippen LogP contribution in [0.4, 0.5) is 4.79 Å². The van der Waals surface area contributed by atoms with Crippen molar-refractivity contribution >= 4 is 21.8 Å². The van der Waals surface area contributed by atoms with Crippen LogP contribution in [0.1, 0.15) is 20.8 Å². The van der Waals surface area contributed by atoms with Crippen molar-refractivity contribution in [3.05, 3.63) is 30.3 Å². The molecule has 1 saturated heterocycles. The fourth-order valence-electron chi connectivity index (χ4n) is 2.27. The maximum Gasteiger partial charge on any atom is 0.325 e. The molecule has 0 bridgehead atoms. The number of carbonyl (C=O) groups is 2. The molecule has 0 aliphatic carbocycles. The van der Waals surface area contributed by atoms with Gasteiger partial charge in [0.2, 0.25) is 0 Å². The molecule has 1 aliphatic rings. The average molecular weight is 324 g/mol. The van der Waals surface area contributed by atoms with Gasteiger partial charge >= 0.3 is 6.03 Å². The van der Waals surface area contributed by atoms with Crippen molar-refractivity contribution in [2.75, 3.05) is 12.3 Å². The maximum absolute atomic E-state index is 12.4. The summed E-state index contributed by atoms with van der Waals surface area (Å²) < 4.78 is 24.5. The SMILES string of the molecule is CC(C)C1(C)NC(=O)N(CCS(=O)(=O)c2ccccc2)C1=O. The minimum atomic E-state index is -3.53. The first-order valence-electron chi connectivity index (χ1n) is 7.10. The Morgan fingerprint density at radius 1 is 1.18 bits per heavy atom. The summed E-state index contributed by atoms with van der Waals surface area (Å²) in [5, 5.41) is 2.65. The van der Waals surface area contributed by atoms with Gasteiger partial charge in [-0.25, -0.2) is 13.2 Å². The summed E-state index contributed by atoms with van der Waals surface area (Å²) in [4.78, 5) is 25.5. The van der Waals surface area contributed by atoms with E-state index >= 15 is 0 Å². The molecule has 7 heteroatoms. The predicted octanol–water partition coefficient (Wildman–Crippen LogP) is 1.43. The molecular weight excluding hydrogens is 304 g/mol. The van der Waals surface area contributed by atoms with E-state index in [1.165, 1.54) is 12.1 Å². The summed E-state index contributed by atoms with van der Waals surface area (Å²) in [6, 6.07) is 7.46. The van der Waals surface area contributed by atoms with Crippen LogP contribution in [0, 0.1) is 5.92 Å². The van der Waals surface area contributed by atoms with E-state index in [2.05, 4.69) is 5.32 Å². The smallest absolute Gasteiger partial charge is 0.323 e. The minimum Gasteiger partial charge on any atom is -0.323 e. The Bertz CT molecular complexity index is 685. The lowest BCUT2D eigenvalue weighted by Crippen LogP contribution is -2.48. The van der Waals surface area contributed by atoms with Crippen molar-refractivity contribution < 1.29 is 18.0 Å². The molecule has 22 heavy (non-hydrogen) atoms. The Kier molecular flexibility index (Phi) is 4.28. The summed E-state index contributed by atoms with van der Waals surface area (Å²) in [5.74, 6) is -0.750. The molecule has 1 heterocycles. The maximum atomic E-state index is 12.4. The molecule has 0 aromatic heterocycles. The lowest BCUT2D eigenvalue weighted by molar-refractivity contribution is -0.131. The Morgan fingerprint density at radius 3 is 2.27 bits per heavy atom. The quantitative estimate of drug-likeness (QED) is 0.831. The van der Waals surface area contributed by atoms with E-state index in [-0.39, 0.29) is 29.0 Å². The Morgan fingerprint density at radius 2 is 1.77 bits per heavy atom. The van der Waals surface area contributed by atoms with Gasteiger partial charge in [-0.3, -0.25) is 9.69 Å². The van der Waals surface area contributed by atoms with Gasteiger partial charge < -0.3 is 5.32 Å². The second-order valence-electron chi connectivity index (χ2n) is 5.88. The highest BCUT2D eigenvalue weighted by atomic mass is 32.2. The average Bonchev–Trinajstić information content (AvgIpc) is 2.69. The first-order valence-corrected chi connectivity index (χ1v) is 8.75. The van der Waals surface area contributed by atoms with Gasteiger partial charge in [0.1, 0.15) is 5.54 Å². The second kappa shape index (κ2) is 5.72. The third-order valence-electron chi connectivity index (χ3n) is 4.14. The highest BCUT2D eigenvalue weighted by Crippen LogP contribution is 2.25. The molecule has 2 rings (SSSR count). The summed E-state index contributed by atoms with van der Waals surface area (Å²) in [6.45, 7) is 5.18. The molecule has 6 nitrogen and oxygen atoms in total. The number of rotatable bonds is 5. The lowest BCUT2D eigenvalue weighted by Gasteiger charge is -2.25. The van der Waals surface area contributed by atoms with Crippen LogP contribution in [0.5, 0.6) is 0 Å². The predicted molar refractivity (Wildman–Crippen MR) is 82.0 cm³/mol. The zero-order valence-electron chi connectivity index (χ0n) is 12.9. The molecule has 0 spiro atoms. The molecular formula is C15H20N2O4S. The summed E-state index contributed by atoms with van der Waals surface area (Å²) in [5.41, 5.74) is -0.979. The highest BCUT2D eigenvalue weighted by Gasteiger charge is 2.49. The van der Waals surface area contributed by atoms with Crippen molar-refractivity contribution in [1.29, 1.82) is 0 Å². The van der Waals surface area contributed by atoms with Gasteiger partial charge in [0.05, 0.1) is 10.6 Å². The van der Waals surface area contributed by atoms with Crippen LogP contribution in [0.3, 0.4) is 0 Å². The number of sulfone groups is 1. The number of amides is 3. The fraction of sp³-hybridized carbons (Fsp3) is 0.467. The Balaban J connectivity index is 2.13. The molecule has 3 amide bonds. The molecule has 0 radical (unpaired) electrons. The molecule has 1 fully saturated rings. The van der Waals surface area contributed by atoms with Crippen LogP contribution in [0.25, 0.3) is 0 Å². The number of hydrogen-bond donors (Lipinski definition) is 1. The zero-order valence-corrected chi connectivity index (χ0v) is 13.7. The van der Waals surface area contributed by atoms with Crippen molar-refractivity contribution in [3.63, 3.8) is 0 Å². The third-order valence-corrected chi connectivity index (χ3v) is 5.85. The van der Waals surface area contributed by atoms with E-state index in [4.69, 9.17) is 0 Å². The van der Waals surface area contributed by atoms with Crippen LogP contribution < -0.4 is 5.32 Å². The van der Waals surface area contributed by atoms with E-state index in [1.807, 2.05) is 13.8 Å². The van der Waals surface area contributed by atoms with Gasteiger partial charge in [-0.05, 0) is 25.0 Å². The first kappa shape index (κ1) is 16.5. The fourth-order valence-corrected chi connectivity index (χ4v) is 3.50. The van der Waals surface area contributed by atoms with E-state index in [0.717, 1.165) is 4.90 Å². The van der Waals surface area contributed by atoms with Crippen LogP contribution >= 0.6 is 0 Å². The molecule has 120 valence electrons. The number of hydrogen-bond acceptors (Lipinski definition) is 4. The Hall–Kier alpha value is -1.89. The second-order valence-corrected chi connectivity index (χ2v) is 7.99. The molecule has 1 aromatic rings. The van der Waals surface area contributed by atoms with Gasteiger partial charge in [0.15, 0.2) is 9.84 Å². The van der Waals surface area contributed by atoms with E-state index < -0.39 is 21.4 Å². The molecule has 1 atom stereocenters. The number of urea groups is 1. The standard InChI is InChI=1S/C15H20N2O4S/c1-11(2)15(3)13(18)17(14(19)16-15)9-10-22(20,21)12-7-5-4-6-8-12/h4-8,11H,9-10H2,1-3H3,(H,16,19). The number of carbonyl (C=O) groups excluding carboxylic acids is 2. The molecule has 1 N–H and O–H groups in total. The van der Waals surface area contributed by atoms with Crippen molar-refractivity contribution in [2.24, 2.45) is 5.92 Å². The molecule has 0 saturated carbocycles. The molecule has 1 unspecified atom stereocenters. The molecule has 1 aromatic carbocycles. The molecule has 1 aliphatic heterocycles. The minimum absolute atomic E-state index is 0.0836. The van der Waals surface area contributed by atoms with Gasteiger partial charge in [-0.2, -0.15) is 0 Å². The largest absolute Gasteiger partial charge is 0.325 e. The van der Waals surface area contributed by atoms with Crippen molar-refractivity contribution in [1.82, 2.24) is 10.2 Å². The van der Waals surface area contributed by atoms with Crippen molar-refractivity contribution in [2.45, 2.75) is 31.2 Å². The van der Waals surface area contributed by atoms with Crippen LogP contribution in [-0.2, 0) is 14.6 Å². The topological polar surface area (TPSA) is 83.6 Å². The number of nitrogens with one attached hydrogen (secondary N) is 1. The summed E-state index contributed by atoms with van der Waals surface area (Å²) in [7, 11) is -3.53. The monoisotopic (exact) mass is 324 g/mol. The third kappa shape index (κ3) is 2.85. The van der Waals surface area contributed by atoms with Gasteiger partial charge in [-0.15, -0.1) is 0 Å². The Labute approximate surface area is 130 Å². The normalized spacial score (nSPS) is 22.3. The zero-order chi connectivity index (χ0) is 16.5. The summed E-state index contributed by atoms with van der Waals surface area (Å²) >= 11 is 0. The van der Waals surface area contributed by atoms with Gasteiger partial charge in [-0.1, -0.05) is 32.0 Å². The lowest BCUT2D eigenvalue weighted by atomic mass is 9.88. The van der Waals surface area contributed by atoms with Crippen LogP contribution in [0.2, 0.25) is 0 Å². The number of nitrogens with zero attached hydrogens (tertiary/aromatic N) is 1.